The van der Waals surface area contributed by atoms with Crippen LogP contribution in [0.2, 0.25) is 0 Å². The van der Waals surface area contributed by atoms with Crippen molar-refractivity contribution in [1.82, 2.24) is 5.32 Å². The van der Waals surface area contributed by atoms with E-state index in [-0.39, 0.29) is 18.2 Å². The molecular formula is C14H23NO3. The highest BCUT2D eigenvalue weighted by molar-refractivity contribution is 5.84. The van der Waals surface area contributed by atoms with Crippen molar-refractivity contribution in [3.8, 4) is 0 Å². The van der Waals surface area contributed by atoms with E-state index in [1.807, 2.05) is 13.8 Å². The fourth-order valence-electron chi connectivity index (χ4n) is 3.57. The van der Waals surface area contributed by atoms with Crippen LogP contribution in [0.15, 0.2) is 0 Å². The summed E-state index contributed by atoms with van der Waals surface area (Å²) in [5.74, 6) is 0.595. The zero-order valence-electron chi connectivity index (χ0n) is 11.2. The van der Waals surface area contributed by atoms with Gasteiger partial charge in [-0.2, -0.15) is 0 Å². The first kappa shape index (κ1) is 13.4. The molecule has 2 fully saturated rings. The molecule has 0 saturated heterocycles. The van der Waals surface area contributed by atoms with Gasteiger partial charge in [0.25, 0.3) is 0 Å². The summed E-state index contributed by atoms with van der Waals surface area (Å²) >= 11 is 0. The second kappa shape index (κ2) is 4.90. The van der Waals surface area contributed by atoms with Gasteiger partial charge in [0.1, 0.15) is 0 Å². The van der Waals surface area contributed by atoms with E-state index in [2.05, 4.69) is 5.32 Å². The summed E-state index contributed by atoms with van der Waals surface area (Å²) in [7, 11) is 0. The molecule has 2 saturated carbocycles. The van der Waals surface area contributed by atoms with Crippen LogP contribution in [0.5, 0.6) is 0 Å². The Labute approximate surface area is 108 Å². The second-order valence-electron chi connectivity index (χ2n) is 5.83. The molecule has 0 aromatic rings. The van der Waals surface area contributed by atoms with E-state index in [1.54, 1.807) is 0 Å². The van der Waals surface area contributed by atoms with Crippen LogP contribution in [0.25, 0.3) is 0 Å². The van der Waals surface area contributed by atoms with Crippen molar-refractivity contribution < 1.29 is 14.7 Å². The molecule has 2 aliphatic carbocycles. The van der Waals surface area contributed by atoms with Gasteiger partial charge in [-0.1, -0.05) is 20.3 Å². The third kappa shape index (κ3) is 2.38. The monoisotopic (exact) mass is 253 g/mol. The highest BCUT2D eigenvalue weighted by Gasteiger charge is 2.57. The number of hydrogen-bond donors (Lipinski definition) is 2. The minimum atomic E-state index is -0.838. The number of carbonyl (C=O) groups is 2. The SMILES string of the molecule is CCC(CC)(CC(=O)O)NC(=O)C1C2CCCC21. The van der Waals surface area contributed by atoms with Crippen LogP contribution in [-0.2, 0) is 9.59 Å². The van der Waals surface area contributed by atoms with Gasteiger partial charge in [-0.3, -0.25) is 9.59 Å². The van der Waals surface area contributed by atoms with E-state index >= 15 is 0 Å². The standard InChI is InChI=1S/C14H23NO3/c1-3-14(4-2,8-11(16)17)15-13(18)12-9-6-5-7-10(9)12/h9-10,12H,3-8H2,1-2H3,(H,15,18)(H,16,17). The minimum Gasteiger partial charge on any atom is -0.481 e. The van der Waals surface area contributed by atoms with E-state index in [9.17, 15) is 9.59 Å². The van der Waals surface area contributed by atoms with Gasteiger partial charge < -0.3 is 10.4 Å². The first-order chi connectivity index (χ1) is 8.53. The van der Waals surface area contributed by atoms with Crippen LogP contribution in [-0.4, -0.2) is 22.5 Å². The van der Waals surface area contributed by atoms with Gasteiger partial charge in [-0.25, -0.2) is 0 Å². The lowest BCUT2D eigenvalue weighted by Crippen LogP contribution is -2.50. The van der Waals surface area contributed by atoms with Crippen LogP contribution >= 0.6 is 0 Å². The van der Waals surface area contributed by atoms with Gasteiger partial charge in [0, 0.05) is 11.5 Å². The quantitative estimate of drug-likeness (QED) is 0.762. The number of amides is 1. The minimum absolute atomic E-state index is 0.0216. The Bertz CT molecular complexity index is 339. The Balaban J connectivity index is 1.96. The first-order valence-corrected chi connectivity index (χ1v) is 7.07. The van der Waals surface area contributed by atoms with Crippen LogP contribution in [0.4, 0.5) is 0 Å². The topological polar surface area (TPSA) is 66.4 Å². The highest BCUT2D eigenvalue weighted by Crippen LogP contribution is 2.57. The smallest absolute Gasteiger partial charge is 0.305 e. The molecule has 2 N–H and O–H groups in total. The maximum atomic E-state index is 12.2. The van der Waals surface area contributed by atoms with Gasteiger partial charge in [-0.15, -0.1) is 0 Å². The van der Waals surface area contributed by atoms with Gasteiger partial charge in [0.05, 0.1) is 6.42 Å². The average molecular weight is 253 g/mol. The fraction of sp³-hybridized carbons (Fsp3) is 0.857. The van der Waals surface area contributed by atoms with Crippen LogP contribution in [0.1, 0.15) is 52.4 Å². The molecule has 0 spiro atoms. The number of carboxylic acid groups (broad SMARTS) is 1. The maximum absolute atomic E-state index is 12.2. The molecule has 2 unspecified atom stereocenters. The Morgan fingerprint density at radius 2 is 1.78 bits per heavy atom. The summed E-state index contributed by atoms with van der Waals surface area (Å²) in [5.41, 5.74) is -0.556. The van der Waals surface area contributed by atoms with E-state index in [0.717, 1.165) is 0 Å². The highest BCUT2D eigenvalue weighted by atomic mass is 16.4. The lowest BCUT2D eigenvalue weighted by Gasteiger charge is -2.31. The normalized spacial score (nSPS) is 29.8. The van der Waals surface area contributed by atoms with Gasteiger partial charge in [0.2, 0.25) is 5.91 Å². The Kier molecular flexibility index (Phi) is 3.64. The van der Waals surface area contributed by atoms with Crippen molar-refractivity contribution in [3.63, 3.8) is 0 Å². The number of aliphatic carboxylic acids is 1. The first-order valence-electron chi connectivity index (χ1n) is 7.07. The second-order valence-corrected chi connectivity index (χ2v) is 5.83. The van der Waals surface area contributed by atoms with Gasteiger partial charge in [-0.05, 0) is 37.5 Å². The molecule has 0 bridgehead atoms. The molecule has 0 aliphatic heterocycles. The zero-order valence-corrected chi connectivity index (χ0v) is 11.2. The van der Waals surface area contributed by atoms with Crippen molar-refractivity contribution in [3.05, 3.63) is 0 Å². The van der Waals surface area contributed by atoms with E-state index in [1.165, 1.54) is 19.3 Å². The third-order valence-electron chi connectivity index (χ3n) is 4.94. The molecular weight excluding hydrogens is 230 g/mol. The summed E-state index contributed by atoms with van der Waals surface area (Å²) < 4.78 is 0. The number of fused-ring (bicyclic) bond motifs is 1. The molecule has 0 radical (unpaired) electrons. The maximum Gasteiger partial charge on any atom is 0.305 e. The summed E-state index contributed by atoms with van der Waals surface area (Å²) in [5, 5.41) is 12.0. The Hall–Kier alpha value is -1.06. The number of carboxylic acids is 1. The largest absolute Gasteiger partial charge is 0.481 e. The van der Waals surface area contributed by atoms with Crippen molar-refractivity contribution in [2.24, 2.45) is 17.8 Å². The van der Waals surface area contributed by atoms with Crippen molar-refractivity contribution in [2.45, 2.75) is 57.9 Å². The summed E-state index contributed by atoms with van der Waals surface area (Å²) in [6.45, 7) is 3.89. The van der Waals surface area contributed by atoms with Crippen molar-refractivity contribution in [1.29, 1.82) is 0 Å². The van der Waals surface area contributed by atoms with Crippen LogP contribution < -0.4 is 5.32 Å². The van der Waals surface area contributed by atoms with Gasteiger partial charge in [0.15, 0.2) is 0 Å². The summed E-state index contributed by atoms with van der Waals surface area (Å²) in [4.78, 5) is 23.2. The summed E-state index contributed by atoms with van der Waals surface area (Å²) in [6, 6.07) is 0. The van der Waals surface area contributed by atoms with E-state index in [4.69, 9.17) is 5.11 Å². The molecule has 2 atom stereocenters. The Morgan fingerprint density at radius 1 is 1.22 bits per heavy atom. The number of hydrogen-bond acceptors (Lipinski definition) is 2. The number of nitrogens with one attached hydrogen (secondary N) is 1. The molecule has 4 heteroatoms. The fourth-order valence-corrected chi connectivity index (χ4v) is 3.57. The predicted octanol–water partition coefficient (Wildman–Crippen LogP) is 2.18. The molecule has 1 amide bonds. The molecule has 0 aromatic heterocycles. The Morgan fingerprint density at radius 3 is 2.22 bits per heavy atom. The average Bonchev–Trinajstić information content (AvgIpc) is 2.82. The molecule has 4 nitrogen and oxygen atoms in total. The van der Waals surface area contributed by atoms with Crippen molar-refractivity contribution >= 4 is 11.9 Å². The van der Waals surface area contributed by atoms with Crippen molar-refractivity contribution in [2.75, 3.05) is 0 Å². The van der Waals surface area contributed by atoms with E-state index in [0.29, 0.717) is 24.7 Å². The number of carbonyl (C=O) groups excluding carboxylic acids is 1. The lowest BCUT2D eigenvalue weighted by atomic mass is 9.88. The molecule has 102 valence electrons. The van der Waals surface area contributed by atoms with Gasteiger partial charge >= 0.3 is 5.97 Å². The van der Waals surface area contributed by atoms with Crippen LogP contribution in [0, 0.1) is 17.8 Å². The zero-order chi connectivity index (χ0) is 13.3. The molecule has 2 rings (SSSR count). The van der Waals surface area contributed by atoms with Crippen LogP contribution in [0.3, 0.4) is 0 Å². The summed E-state index contributed by atoms with van der Waals surface area (Å²) in [6.07, 6.45) is 4.96. The molecule has 18 heavy (non-hydrogen) atoms. The third-order valence-corrected chi connectivity index (χ3v) is 4.94. The lowest BCUT2D eigenvalue weighted by molar-refractivity contribution is -0.139. The molecule has 0 aromatic carbocycles. The number of rotatable bonds is 6. The molecule has 2 aliphatic rings. The van der Waals surface area contributed by atoms with E-state index < -0.39 is 11.5 Å². The predicted molar refractivity (Wildman–Crippen MR) is 68.0 cm³/mol. The molecule has 0 heterocycles.